The summed E-state index contributed by atoms with van der Waals surface area (Å²) < 4.78 is 0. The average Bonchev–Trinajstić information content (AvgIpc) is 2.80. The summed E-state index contributed by atoms with van der Waals surface area (Å²) in [5.41, 5.74) is 0. The minimum absolute atomic E-state index is 0.119. The number of hydrogen-bond acceptors (Lipinski definition) is 3. The molecule has 1 aliphatic rings. The first-order valence-electron chi connectivity index (χ1n) is 6.91. The highest BCUT2D eigenvalue weighted by Gasteiger charge is 2.22. The number of rotatable bonds is 7. The molecule has 0 saturated carbocycles. The van der Waals surface area contributed by atoms with Crippen molar-refractivity contribution >= 4 is 5.91 Å². The van der Waals surface area contributed by atoms with Gasteiger partial charge in [-0.25, -0.2) is 0 Å². The van der Waals surface area contributed by atoms with Crippen molar-refractivity contribution in [3.63, 3.8) is 0 Å². The van der Waals surface area contributed by atoms with Crippen LogP contribution in [0.25, 0.3) is 0 Å². The van der Waals surface area contributed by atoms with Gasteiger partial charge in [0.1, 0.15) is 0 Å². The Morgan fingerprint density at radius 1 is 1.47 bits per heavy atom. The fourth-order valence-corrected chi connectivity index (χ4v) is 2.25. The van der Waals surface area contributed by atoms with Gasteiger partial charge in [0, 0.05) is 18.6 Å². The number of carbonyl (C=O) groups is 1. The van der Waals surface area contributed by atoms with Gasteiger partial charge in [0.25, 0.3) is 0 Å². The maximum absolute atomic E-state index is 11.6. The van der Waals surface area contributed by atoms with E-state index in [0.29, 0.717) is 18.6 Å². The molecular weight excluding hydrogens is 214 g/mol. The van der Waals surface area contributed by atoms with Crippen LogP contribution in [0.3, 0.4) is 0 Å². The monoisotopic (exact) mass is 241 g/mol. The molecule has 0 aromatic carbocycles. The van der Waals surface area contributed by atoms with E-state index >= 15 is 0 Å². The third kappa shape index (κ3) is 5.04. The van der Waals surface area contributed by atoms with Crippen molar-refractivity contribution in [1.29, 1.82) is 0 Å². The maximum Gasteiger partial charge on any atom is 0.234 e. The van der Waals surface area contributed by atoms with Crippen molar-refractivity contribution in [1.82, 2.24) is 15.5 Å². The Hall–Kier alpha value is -0.610. The third-order valence-corrected chi connectivity index (χ3v) is 3.66. The molecule has 4 nitrogen and oxygen atoms in total. The van der Waals surface area contributed by atoms with Gasteiger partial charge in [-0.3, -0.25) is 9.69 Å². The number of likely N-dealkylation sites (tertiary alicyclic amines) is 1. The van der Waals surface area contributed by atoms with Gasteiger partial charge in [0.15, 0.2) is 0 Å². The van der Waals surface area contributed by atoms with Crippen LogP contribution in [-0.4, -0.2) is 49.1 Å². The largest absolute Gasteiger partial charge is 0.353 e. The topological polar surface area (TPSA) is 44.4 Å². The molecule has 1 aliphatic heterocycles. The van der Waals surface area contributed by atoms with Gasteiger partial charge in [0.2, 0.25) is 5.91 Å². The molecule has 1 fully saturated rings. The molecule has 1 heterocycles. The smallest absolute Gasteiger partial charge is 0.234 e. The van der Waals surface area contributed by atoms with E-state index in [1.54, 1.807) is 0 Å². The van der Waals surface area contributed by atoms with Crippen molar-refractivity contribution in [2.24, 2.45) is 0 Å². The predicted molar refractivity (Wildman–Crippen MR) is 71.0 cm³/mol. The van der Waals surface area contributed by atoms with Crippen LogP contribution in [-0.2, 0) is 4.79 Å². The van der Waals surface area contributed by atoms with Crippen molar-refractivity contribution in [3.05, 3.63) is 0 Å². The van der Waals surface area contributed by atoms with Crippen LogP contribution in [0.2, 0.25) is 0 Å². The fourth-order valence-electron chi connectivity index (χ4n) is 2.25. The van der Waals surface area contributed by atoms with E-state index in [4.69, 9.17) is 0 Å². The fraction of sp³-hybridized carbons (Fsp3) is 0.923. The third-order valence-electron chi connectivity index (χ3n) is 3.66. The summed E-state index contributed by atoms with van der Waals surface area (Å²) in [5, 5.41) is 6.23. The molecular formula is C13H27N3O. The summed E-state index contributed by atoms with van der Waals surface area (Å²) in [6, 6.07) is 0.965. The van der Waals surface area contributed by atoms with Crippen molar-refractivity contribution < 1.29 is 4.79 Å². The molecule has 0 spiro atoms. The molecule has 0 aromatic heterocycles. The number of likely N-dealkylation sites (N-methyl/N-ethyl adjacent to an activating group) is 1. The highest BCUT2D eigenvalue weighted by Crippen LogP contribution is 2.15. The molecule has 4 heteroatoms. The van der Waals surface area contributed by atoms with Gasteiger partial charge in [-0.1, -0.05) is 13.8 Å². The summed E-state index contributed by atoms with van der Waals surface area (Å²) >= 11 is 0. The zero-order valence-electron chi connectivity index (χ0n) is 11.5. The van der Waals surface area contributed by atoms with Crippen molar-refractivity contribution in [2.75, 3.05) is 26.2 Å². The standard InChI is InChI=1S/C13H27N3O/c1-4-11(3)14-10-13(17)15-9-12-7-6-8-16(12)5-2/h11-12,14H,4-10H2,1-3H3,(H,15,17). The Kier molecular flexibility index (Phi) is 6.52. The zero-order valence-corrected chi connectivity index (χ0v) is 11.5. The number of carbonyl (C=O) groups excluding carboxylic acids is 1. The van der Waals surface area contributed by atoms with Gasteiger partial charge in [-0.2, -0.15) is 0 Å². The second kappa shape index (κ2) is 7.67. The molecule has 17 heavy (non-hydrogen) atoms. The van der Waals surface area contributed by atoms with Crippen LogP contribution in [0.4, 0.5) is 0 Å². The maximum atomic E-state index is 11.6. The average molecular weight is 241 g/mol. The molecule has 2 unspecified atom stereocenters. The SMILES string of the molecule is CCC(C)NCC(=O)NCC1CCCN1CC. The Morgan fingerprint density at radius 3 is 2.88 bits per heavy atom. The van der Waals surface area contributed by atoms with E-state index in [2.05, 4.69) is 36.3 Å². The van der Waals surface area contributed by atoms with E-state index in [1.165, 1.54) is 19.4 Å². The molecule has 2 atom stereocenters. The number of amides is 1. The van der Waals surface area contributed by atoms with Crippen LogP contribution in [0.15, 0.2) is 0 Å². The van der Waals surface area contributed by atoms with Gasteiger partial charge < -0.3 is 10.6 Å². The van der Waals surface area contributed by atoms with Crippen LogP contribution in [0.1, 0.15) is 40.0 Å². The minimum Gasteiger partial charge on any atom is -0.353 e. The van der Waals surface area contributed by atoms with Crippen molar-refractivity contribution in [2.45, 2.75) is 52.1 Å². The van der Waals surface area contributed by atoms with Gasteiger partial charge in [-0.15, -0.1) is 0 Å². The predicted octanol–water partition coefficient (Wildman–Crippen LogP) is 0.975. The van der Waals surface area contributed by atoms with Gasteiger partial charge in [0.05, 0.1) is 6.54 Å². The quantitative estimate of drug-likeness (QED) is 0.698. The van der Waals surface area contributed by atoms with Crippen LogP contribution in [0.5, 0.6) is 0 Å². The summed E-state index contributed by atoms with van der Waals surface area (Å²) in [4.78, 5) is 14.1. The van der Waals surface area contributed by atoms with E-state index in [-0.39, 0.29) is 5.91 Å². The molecule has 2 N–H and O–H groups in total. The Bertz CT molecular complexity index is 233. The summed E-state index contributed by atoms with van der Waals surface area (Å²) in [6.45, 7) is 9.91. The molecule has 0 bridgehead atoms. The van der Waals surface area contributed by atoms with E-state index in [9.17, 15) is 4.79 Å². The second-order valence-corrected chi connectivity index (χ2v) is 4.92. The molecule has 1 saturated heterocycles. The van der Waals surface area contributed by atoms with Gasteiger partial charge >= 0.3 is 0 Å². The van der Waals surface area contributed by atoms with E-state index in [1.807, 2.05) is 0 Å². The highest BCUT2D eigenvalue weighted by atomic mass is 16.1. The number of nitrogens with zero attached hydrogens (tertiary/aromatic N) is 1. The second-order valence-electron chi connectivity index (χ2n) is 4.92. The highest BCUT2D eigenvalue weighted by molar-refractivity contribution is 5.78. The molecule has 1 rings (SSSR count). The Balaban J connectivity index is 2.15. The molecule has 0 aliphatic carbocycles. The minimum atomic E-state index is 0.119. The van der Waals surface area contributed by atoms with Crippen LogP contribution in [0, 0.1) is 0 Å². The lowest BCUT2D eigenvalue weighted by atomic mass is 10.2. The zero-order chi connectivity index (χ0) is 12.7. The lowest BCUT2D eigenvalue weighted by Crippen LogP contribution is -2.43. The Morgan fingerprint density at radius 2 is 2.24 bits per heavy atom. The first-order chi connectivity index (χ1) is 8.17. The first-order valence-corrected chi connectivity index (χ1v) is 6.91. The lowest BCUT2D eigenvalue weighted by molar-refractivity contribution is -0.120. The first kappa shape index (κ1) is 14.5. The van der Waals surface area contributed by atoms with Crippen LogP contribution < -0.4 is 10.6 Å². The van der Waals surface area contributed by atoms with E-state index in [0.717, 1.165) is 19.5 Å². The summed E-state index contributed by atoms with van der Waals surface area (Å²) in [7, 11) is 0. The number of nitrogens with one attached hydrogen (secondary N) is 2. The molecule has 100 valence electrons. The number of hydrogen-bond donors (Lipinski definition) is 2. The lowest BCUT2D eigenvalue weighted by Gasteiger charge is -2.23. The van der Waals surface area contributed by atoms with Gasteiger partial charge in [-0.05, 0) is 39.3 Å². The summed E-state index contributed by atoms with van der Waals surface area (Å²) in [6.07, 6.45) is 3.53. The normalized spacial score (nSPS) is 22.6. The summed E-state index contributed by atoms with van der Waals surface area (Å²) in [5.74, 6) is 0.119. The molecule has 1 amide bonds. The van der Waals surface area contributed by atoms with Crippen LogP contribution >= 0.6 is 0 Å². The Labute approximate surface area is 105 Å². The van der Waals surface area contributed by atoms with E-state index < -0.39 is 0 Å². The molecule has 0 aromatic rings. The molecule has 0 radical (unpaired) electrons. The van der Waals surface area contributed by atoms with Crippen molar-refractivity contribution in [3.8, 4) is 0 Å².